The Bertz CT molecular complexity index is 646. The monoisotopic (exact) mass is 307 g/mol. The topological polar surface area (TPSA) is 115 Å². The number of aryl methyl sites for hydroxylation is 1. The molecule has 0 saturated heterocycles. The lowest BCUT2D eigenvalue weighted by Crippen LogP contribution is -2.36. The Morgan fingerprint density at radius 3 is 2.33 bits per heavy atom. The van der Waals surface area contributed by atoms with Crippen LogP contribution in [0.2, 0.25) is 0 Å². The van der Waals surface area contributed by atoms with E-state index in [0.29, 0.717) is 23.4 Å². The Hall–Kier alpha value is -1.89. The van der Waals surface area contributed by atoms with Crippen molar-refractivity contribution in [2.24, 2.45) is 16.9 Å². The number of hydrogen-bond acceptors (Lipinski definition) is 4. The van der Waals surface area contributed by atoms with Gasteiger partial charge in [-0.1, -0.05) is 0 Å². The van der Waals surface area contributed by atoms with Gasteiger partial charge in [0.2, 0.25) is 11.8 Å². The van der Waals surface area contributed by atoms with Crippen LogP contribution in [0.5, 0.6) is 0 Å². The van der Waals surface area contributed by atoms with Gasteiger partial charge in [-0.3, -0.25) is 14.4 Å². The van der Waals surface area contributed by atoms with E-state index in [-0.39, 0.29) is 0 Å². The smallest absolute Gasteiger partial charge is 0.251 e. The molecule has 3 amide bonds. The van der Waals surface area contributed by atoms with E-state index in [9.17, 15) is 14.4 Å². The van der Waals surface area contributed by atoms with Crippen LogP contribution in [0.3, 0.4) is 0 Å². The zero-order valence-corrected chi connectivity index (χ0v) is 12.3. The van der Waals surface area contributed by atoms with Gasteiger partial charge in [0.25, 0.3) is 5.91 Å². The first-order valence-electron chi connectivity index (χ1n) is 7.01. The van der Waals surface area contributed by atoms with Crippen LogP contribution in [0.25, 0.3) is 0 Å². The van der Waals surface area contributed by atoms with Crippen molar-refractivity contribution in [1.82, 2.24) is 0 Å². The summed E-state index contributed by atoms with van der Waals surface area (Å²) in [6.45, 7) is 0. The second-order valence-corrected chi connectivity index (χ2v) is 6.78. The van der Waals surface area contributed by atoms with Gasteiger partial charge in [0.1, 0.15) is 10.4 Å². The molecule has 2 aliphatic rings. The maximum Gasteiger partial charge on any atom is 0.251 e. The van der Waals surface area contributed by atoms with Gasteiger partial charge in [0.15, 0.2) is 0 Å². The lowest BCUT2D eigenvalue weighted by atomic mass is 9.95. The average Bonchev–Trinajstić information content (AvgIpc) is 3.15. The zero-order chi connectivity index (χ0) is 15.2. The number of carbonyl (C=O) groups is 3. The summed E-state index contributed by atoms with van der Waals surface area (Å²) < 4.78 is 0. The van der Waals surface area contributed by atoms with Gasteiger partial charge in [-0.15, -0.1) is 11.3 Å². The van der Waals surface area contributed by atoms with Crippen LogP contribution < -0.4 is 16.8 Å². The molecule has 21 heavy (non-hydrogen) atoms. The van der Waals surface area contributed by atoms with Crippen molar-refractivity contribution < 1.29 is 14.4 Å². The highest BCUT2D eigenvalue weighted by atomic mass is 32.1. The Morgan fingerprint density at radius 2 is 1.76 bits per heavy atom. The third-order valence-corrected chi connectivity index (χ3v) is 5.51. The predicted molar refractivity (Wildman–Crippen MR) is 79.0 cm³/mol. The van der Waals surface area contributed by atoms with Gasteiger partial charge in [0.05, 0.1) is 5.56 Å². The molecule has 7 heteroatoms. The molecule has 0 aromatic carbocycles. The van der Waals surface area contributed by atoms with Crippen LogP contribution in [0, 0.1) is 5.41 Å². The molecule has 3 rings (SSSR count). The van der Waals surface area contributed by atoms with Crippen molar-refractivity contribution in [1.29, 1.82) is 0 Å². The van der Waals surface area contributed by atoms with Crippen LogP contribution in [-0.4, -0.2) is 17.7 Å². The third kappa shape index (κ3) is 2.21. The lowest BCUT2D eigenvalue weighted by molar-refractivity contribution is -0.132. The van der Waals surface area contributed by atoms with E-state index in [1.54, 1.807) is 0 Å². The standard InChI is InChI=1S/C14H17N3O3S/c15-10(18)9-7-3-1-2-4-8(7)21-11(9)17-13(20)14(5-6-14)12(16)19/h1-6H2,(H2,15,18)(H2,16,19)(H,17,20). The molecule has 0 unspecified atom stereocenters. The van der Waals surface area contributed by atoms with Crippen molar-refractivity contribution in [3.63, 3.8) is 0 Å². The number of anilines is 1. The number of nitrogens with one attached hydrogen (secondary N) is 1. The molecule has 1 heterocycles. The molecule has 0 radical (unpaired) electrons. The average molecular weight is 307 g/mol. The van der Waals surface area contributed by atoms with Gasteiger partial charge in [0, 0.05) is 4.88 Å². The number of fused-ring (bicyclic) bond motifs is 1. The van der Waals surface area contributed by atoms with Crippen LogP contribution in [0.1, 0.15) is 46.5 Å². The van der Waals surface area contributed by atoms with Crippen LogP contribution in [0.15, 0.2) is 0 Å². The molecule has 0 atom stereocenters. The summed E-state index contributed by atoms with van der Waals surface area (Å²) in [7, 11) is 0. The van der Waals surface area contributed by atoms with E-state index in [0.717, 1.165) is 36.1 Å². The summed E-state index contributed by atoms with van der Waals surface area (Å²) >= 11 is 1.39. The third-order valence-electron chi connectivity index (χ3n) is 4.30. The summed E-state index contributed by atoms with van der Waals surface area (Å²) in [6, 6.07) is 0. The number of nitrogens with two attached hydrogens (primary N) is 2. The van der Waals surface area contributed by atoms with Gasteiger partial charge in [-0.05, 0) is 44.1 Å². The van der Waals surface area contributed by atoms with E-state index in [4.69, 9.17) is 11.5 Å². The maximum absolute atomic E-state index is 12.3. The molecule has 0 spiro atoms. The minimum absolute atomic E-state index is 0.406. The fourth-order valence-corrected chi connectivity index (χ4v) is 4.14. The highest BCUT2D eigenvalue weighted by Crippen LogP contribution is 2.47. The summed E-state index contributed by atoms with van der Waals surface area (Å²) in [5.74, 6) is -1.56. The van der Waals surface area contributed by atoms with E-state index in [2.05, 4.69) is 5.32 Å². The molecular formula is C14H17N3O3S. The number of primary amides is 2. The highest BCUT2D eigenvalue weighted by molar-refractivity contribution is 7.17. The summed E-state index contributed by atoms with van der Waals surface area (Å²) in [6.07, 6.45) is 4.72. The first kappa shape index (κ1) is 14.1. The Balaban J connectivity index is 1.92. The van der Waals surface area contributed by atoms with Crippen LogP contribution in [0.4, 0.5) is 5.00 Å². The molecule has 0 aliphatic heterocycles. The second kappa shape index (κ2) is 4.84. The summed E-state index contributed by atoms with van der Waals surface area (Å²) in [5.41, 5.74) is 11.0. The van der Waals surface area contributed by atoms with Crippen LogP contribution in [-0.2, 0) is 22.4 Å². The van der Waals surface area contributed by atoms with Gasteiger partial charge in [-0.25, -0.2) is 0 Å². The molecule has 2 aliphatic carbocycles. The van der Waals surface area contributed by atoms with Crippen molar-refractivity contribution in [3.05, 3.63) is 16.0 Å². The summed E-state index contributed by atoms with van der Waals surface area (Å²) in [5, 5.41) is 3.18. The highest BCUT2D eigenvalue weighted by Gasteiger charge is 2.55. The van der Waals surface area contributed by atoms with Gasteiger partial charge < -0.3 is 16.8 Å². The van der Waals surface area contributed by atoms with E-state index in [1.807, 2.05) is 0 Å². The Morgan fingerprint density at radius 1 is 1.10 bits per heavy atom. The minimum atomic E-state index is -1.10. The van der Waals surface area contributed by atoms with Crippen molar-refractivity contribution >= 4 is 34.1 Å². The molecule has 6 nitrogen and oxygen atoms in total. The molecule has 1 aromatic rings. The number of amides is 3. The molecule has 112 valence electrons. The second-order valence-electron chi connectivity index (χ2n) is 5.68. The quantitative estimate of drug-likeness (QED) is 0.718. The summed E-state index contributed by atoms with van der Waals surface area (Å²) in [4.78, 5) is 36.5. The first-order chi connectivity index (χ1) is 9.95. The van der Waals surface area contributed by atoms with E-state index >= 15 is 0 Å². The van der Waals surface area contributed by atoms with Crippen molar-refractivity contribution in [2.75, 3.05) is 5.32 Å². The van der Waals surface area contributed by atoms with Gasteiger partial charge in [-0.2, -0.15) is 0 Å². The van der Waals surface area contributed by atoms with Crippen molar-refractivity contribution in [2.45, 2.75) is 38.5 Å². The fourth-order valence-electron chi connectivity index (χ4n) is 2.85. The minimum Gasteiger partial charge on any atom is -0.369 e. The van der Waals surface area contributed by atoms with E-state index < -0.39 is 23.1 Å². The number of carbonyl (C=O) groups excluding carboxylic acids is 3. The van der Waals surface area contributed by atoms with Gasteiger partial charge >= 0.3 is 0 Å². The van der Waals surface area contributed by atoms with Crippen LogP contribution >= 0.6 is 11.3 Å². The lowest BCUT2D eigenvalue weighted by Gasteiger charge is -2.12. The predicted octanol–water partition coefficient (Wildman–Crippen LogP) is 0.930. The Labute approximate surface area is 125 Å². The SMILES string of the molecule is NC(=O)c1c(NC(=O)C2(C(N)=O)CC2)sc2c1CCCC2. The zero-order valence-electron chi connectivity index (χ0n) is 11.5. The largest absolute Gasteiger partial charge is 0.369 e. The molecule has 1 aromatic heterocycles. The molecule has 5 N–H and O–H groups in total. The van der Waals surface area contributed by atoms with Crippen molar-refractivity contribution in [3.8, 4) is 0 Å². The maximum atomic E-state index is 12.3. The molecule has 1 saturated carbocycles. The Kier molecular flexibility index (Phi) is 3.24. The number of thiophene rings is 1. The fraction of sp³-hybridized carbons (Fsp3) is 0.500. The molecule has 0 bridgehead atoms. The first-order valence-corrected chi connectivity index (χ1v) is 7.83. The molecule has 1 fully saturated rings. The van der Waals surface area contributed by atoms with E-state index in [1.165, 1.54) is 11.3 Å². The number of hydrogen-bond donors (Lipinski definition) is 3. The normalized spacial score (nSPS) is 18.7. The molecular weight excluding hydrogens is 290 g/mol. The number of rotatable bonds is 4.